The Hall–Kier alpha value is -1.75. The van der Waals surface area contributed by atoms with Gasteiger partial charge in [0.1, 0.15) is 5.75 Å². The summed E-state index contributed by atoms with van der Waals surface area (Å²) in [6.45, 7) is 2.56. The van der Waals surface area contributed by atoms with E-state index < -0.39 is 0 Å². The monoisotopic (exact) mass is 332 g/mol. The number of hydrogen-bond donors (Lipinski definition) is 2. The van der Waals surface area contributed by atoms with Gasteiger partial charge in [-0.1, -0.05) is 12.1 Å². The molecule has 0 amide bonds. The molecule has 0 heterocycles. The van der Waals surface area contributed by atoms with Crippen LogP contribution in [-0.2, 0) is 9.53 Å². The molecule has 1 aromatic rings. The molecule has 0 saturated heterocycles. The van der Waals surface area contributed by atoms with E-state index in [9.17, 15) is 9.90 Å². The fourth-order valence-electron chi connectivity index (χ4n) is 3.72. The number of anilines is 1. The van der Waals surface area contributed by atoms with Gasteiger partial charge in [-0.05, 0) is 57.6 Å². The van der Waals surface area contributed by atoms with Gasteiger partial charge in [0.2, 0.25) is 0 Å². The molecular formula is C19H28N2O3. The average molecular weight is 332 g/mol. The zero-order valence-corrected chi connectivity index (χ0v) is 14.4. The lowest BCUT2D eigenvalue weighted by molar-refractivity contribution is -0.142. The molecule has 2 aliphatic rings. The van der Waals surface area contributed by atoms with Gasteiger partial charge >= 0.3 is 5.97 Å². The van der Waals surface area contributed by atoms with Crippen LogP contribution in [-0.4, -0.2) is 42.4 Å². The zero-order chi connectivity index (χ0) is 16.9. The summed E-state index contributed by atoms with van der Waals surface area (Å²) in [5.41, 5.74) is 0.975. The Morgan fingerprint density at radius 1 is 1.17 bits per heavy atom. The van der Waals surface area contributed by atoms with E-state index in [1.807, 2.05) is 25.1 Å². The van der Waals surface area contributed by atoms with Gasteiger partial charge in [-0.15, -0.1) is 0 Å². The lowest BCUT2D eigenvalue weighted by atomic mass is 9.89. The molecule has 2 saturated carbocycles. The summed E-state index contributed by atoms with van der Waals surface area (Å²) in [5, 5.41) is 13.5. The number of nitrogens with zero attached hydrogens (tertiary/aromatic N) is 1. The van der Waals surface area contributed by atoms with Crippen molar-refractivity contribution in [1.82, 2.24) is 5.32 Å². The molecule has 0 atom stereocenters. The van der Waals surface area contributed by atoms with E-state index in [-0.39, 0.29) is 5.97 Å². The Morgan fingerprint density at radius 3 is 2.38 bits per heavy atom. The van der Waals surface area contributed by atoms with Gasteiger partial charge in [0, 0.05) is 18.1 Å². The number of phenolic OH excluding ortho intramolecular Hbond substituents is 1. The summed E-state index contributed by atoms with van der Waals surface area (Å²) in [7, 11) is 0. The highest BCUT2D eigenvalue weighted by atomic mass is 16.5. The summed E-state index contributed by atoms with van der Waals surface area (Å²) in [5.74, 6) is 0.209. The Kier molecular flexibility index (Phi) is 5.61. The molecule has 0 spiro atoms. The molecule has 0 unspecified atom stereocenters. The molecule has 0 aromatic heterocycles. The first-order valence-electron chi connectivity index (χ1n) is 9.14. The van der Waals surface area contributed by atoms with Gasteiger partial charge in [-0.2, -0.15) is 0 Å². The van der Waals surface area contributed by atoms with Crippen molar-refractivity contribution in [2.45, 2.75) is 63.6 Å². The number of aromatic hydroxyl groups is 1. The summed E-state index contributed by atoms with van der Waals surface area (Å²) in [6, 6.07) is 9.11. The number of carbonyl (C=O) groups excluding carboxylic acids is 1. The third-order valence-electron chi connectivity index (χ3n) is 5.03. The Morgan fingerprint density at radius 2 is 1.79 bits per heavy atom. The molecule has 5 nitrogen and oxygen atoms in total. The second-order valence-electron chi connectivity index (χ2n) is 6.82. The Bertz CT molecular complexity index is 551. The molecule has 3 rings (SSSR count). The first kappa shape index (κ1) is 17.1. The number of ether oxygens (including phenoxy) is 1. The van der Waals surface area contributed by atoms with E-state index in [1.165, 1.54) is 12.8 Å². The van der Waals surface area contributed by atoms with E-state index in [0.29, 0.717) is 37.0 Å². The van der Waals surface area contributed by atoms with Gasteiger partial charge in [0.25, 0.3) is 0 Å². The molecular weight excluding hydrogens is 304 g/mol. The van der Waals surface area contributed by atoms with E-state index in [1.54, 1.807) is 6.07 Å². The molecule has 0 radical (unpaired) electrons. The van der Waals surface area contributed by atoms with Crippen LogP contribution in [0.15, 0.2) is 24.3 Å². The van der Waals surface area contributed by atoms with E-state index in [4.69, 9.17) is 4.74 Å². The quantitative estimate of drug-likeness (QED) is 0.752. The topological polar surface area (TPSA) is 61.8 Å². The highest BCUT2D eigenvalue weighted by Crippen LogP contribution is 2.41. The first-order chi connectivity index (χ1) is 11.7. The summed E-state index contributed by atoms with van der Waals surface area (Å²) in [4.78, 5) is 13.9. The van der Waals surface area contributed by atoms with Crippen LogP contribution in [0.3, 0.4) is 0 Å². The van der Waals surface area contributed by atoms with Crippen molar-refractivity contribution in [3.05, 3.63) is 24.3 Å². The standard InChI is InChI=1S/C19H28N2O3/c1-2-24-19(23)13-20-14-7-9-15(10-8-14)21(16-11-12-16)17-5-3-4-6-18(17)22/h3-6,14-16,20,22H,2,7-13H2,1H3. The molecule has 2 aliphatic carbocycles. The Balaban J connectivity index is 1.55. The number of phenols is 1. The van der Waals surface area contributed by atoms with Crippen molar-refractivity contribution in [3.8, 4) is 5.75 Å². The summed E-state index contributed by atoms with van der Waals surface area (Å²) in [6.07, 6.45) is 6.73. The second kappa shape index (κ2) is 7.88. The molecule has 1 aromatic carbocycles. The largest absolute Gasteiger partial charge is 0.506 e. The normalized spacial score (nSPS) is 23.7. The van der Waals surface area contributed by atoms with Gasteiger partial charge in [-0.3, -0.25) is 4.79 Å². The molecule has 2 N–H and O–H groups in total. The van der Waals surface area contributed by atoms with Crippen LogP contribution in [0.25, 0.3) is 0 Å². The van der Waals surface area contributed by atoms with Gasteiger partial charge < -0.3 is 20.1 Å². The summed E-state index contributed by atoms with van der Waals surface area (Å²) < 4.78 is 4.97. The number of rotatable bonds is 7. The minimum atomic E-state index is -0.173. The number of hydrogen-bond acceptors (Lipinski definition) is 5. The highest BCUT2D eigenvalue weighted by Gasteiger charge is 2.37. The SMILES string of the molecule is CCOC(=O)CNC1CCC(N(c2ccccc2O)C2CC2)CC1. The molecule has 2 fully saturated rings. The van der Waals surface area contributed by atoms with E-state index in [0.717, 1.165) is 31.4 Å². The van der Waals surface area contributed by atoms with Crippen molar-refractivity contribution in [2.24, 2.45) is 0 Å². The molecule has 0 bridgehead atoms. The van der Waals surface area contributed by atoms with Crippen molar-refractivity contribution in [2.75, 3.05) is 18.1 Å². The van der Waals surface area contributed by atoms with Crippen molar-refractivity contribution < 1.29 is 14.6 Å². The zero-order valence-electron chi connectivity index (χ0n) is 14.4. The number of esters is 1. The van der Waals surface area contributed by atoms with E-state index >= 15 is 0 Å². The lowest BCUT2D eigenvalue weighted by Crippen LogP contribution is -2.44. The minimum Gasteiger partial charge on any atom is -0.506 e. The smallest absolute Gasteiger partial charge is 0.319 e. The van der Waals surface area contributed by atoms with Crippen LogP contribution in [0.5, 0.6) is 5.75 Å². The van der Waals surface area contributed by atoms with Crippen molar-refractivity contribution in [3.63, 3.8) is 0 Å². The number of carbonyl (C=O) groups is 1. The third-order valence-corrected chi connectivity index (χ3v) is 5.03. The van der Waals surface area contributed by atoms with Gasteiger partial charge in [0.15, 0.2) is 0 Å². The predicted octanol–water partition coefficient (Wildman–Crippen LogP) is 2.82. The predicted molar refractivity (Wildman–Crippen MR) is 94.3 cm³/mol. The first-order valence-corrected chi connectivity index (χ1v) is 9.14. The molecule has 0 aliphatic heterocycles. The fourth-order valence-corrected chi connectivity index (χ4v) is 3.72. The second-order valence-corrected chi connectivity index (χ2v) is 6.82. The van der Waals surface area contributed by atoms with Crippen LogP contribution in [0.2, 0.25) is 0 Å². The average Bonchev–Trinajstić information content (AvgIpc) is 3.41. The van der Waals surface area contributed by atoms with Gasteiger partial charge in [-0.25, -0.2) is 0 Å². The third kappa shape index (κ3) is 4.20. The van der Waals surface area contributed by atoms with Gasteiger partial charge in [0.05, 0.1) is 18.8 Å². The van der Waals surface area contributed by atoms with Crippen molar-refractivity contribution in [1.29, 1.82) is 0 Å². The maximum absolute atomic E-state index is 11.5. The van der Waals surface area contributed by atoms with Crippen LogP contribution in [0.1, 0.15) is 45.4 Å². The highest BCUT2D eigenvalue weighted by molar-refractivity contribution is 5.71. The van der Waals surface area contributed by atoms with Crippen LogP contribution in [0.4, 0.5) is 5.69 Å². The molecule has 132 valence electrons. The number of para-hydroxylation sites is 2. The Labute approximate surface area is 144 Å². The van der Waals surface area contributed by atoms with Crippen molar-refractivity contribution >= 4 is 11.7 Å². The molecule has 5 heteroatoms. The van der Waals surface area contributed by atoms with E-state index in [2.05, 4.69) is 10.2 Å². The number of benzene rings is 1. The number of nitrogens with one attached hydrogen (secondary N) is 1. The fraction of sp³-hybridized carbons (Fsp3) is 0.632. The maximum atomic E-state index is 11.5. The molecule has 24 heavy (non-hydrogen) atoms. The lowest BCUT2D eigenvalue weighted by Gasteiger charge is -2.39. The van der Waals surface area contributed by atoms with Crippen LogP contribution in [0, 0.1) is 0 Å². The maximum Gasteiger partial charge on any atom is 0.319 e. The van der Waals surface area contributed by atoms with Crippen LogP contribution < -0.4 is 10.2 Å². The minimum absolute atomic E-state index is 0.173. The van der Waals surface area contributed by atoms with Crippen LogP contribution >= 0.6 is 0 Å². The summed E-state index contributed by atoms with van der Waals surface area (Å²) >= 11 is 0.